The van der Waals surface area contributed by atoms with E-state index >= 15 is 0 Å². The fraction of sp³-hybridized carbons (Fsp3) is 0.462. The van der Waals surface area contributed by atoms with Crippen LogP contribution < -0.4 is 0 Å². The summed E-state index contributed by atoms with van der Waals surface area (Å²) in [5.41, 5.74) is 3.55. The number of aliphatic hydroxyl groups excluding tert-OH is 2. The highest BCUT2D eigenvalue weighted by molar-refractivity contribution is 6.03. The summed E-state index contributed by atoms with van der Waals surface area (Å²) in [7, 11) is 0. The van der Waals surface area contributed by atoms with E-state index in [1.165, 1.54) is 13.0 Å². The molecule has 1 aliphatic carbocycles. The Morgan fingerprint density at radius 2 is 1.94 bits per heavy atom. The third-order valence-electron chi connectivity index (χ3n) is 6.54. The minimum atomic E-state index is -0.765. The molecule has 188 valence electrons. The van der Waals surface area contributed by atoms with Gasteiger partial charge >= 0.3 is 0 Å². The molecule has 8 nitrogen and oxygen atoms in total. The molecule has 1 aromatic heterocycles. The minimum absolute atomic E-state index is 0. The maximum absolute atomic E-state index is 13.1. The van der Waals surface area contributed by atoms with Gasteiger partial charge in [-0.1, -0.05) is 6.07 Å². The van der Waals surface area contributed by atoms with Crippen molar-refractivity contribution < 1.29 is 38.0 Å². The lowest BCUT2D eigenvalue weighted by atomic mass is 9.72. The monoisotopic (exact) mass is 475 g/mol. The molecule has 0 bridgehead atoms. The predicted molar refractivity (Wildman–Crippen MR) is 131 cm³/mol. The van der Waals surface area contributed by atoms with Gasteiger partial charge < -0.3 is 20.8 Å². The van der Waals surface area contributed by atoms with Gasteiger partial charge in [-0.3, -0.25) is 19.4 Å². The molecule has 0 spiro atoms. The summed E-state index contributed by atoms with van der Waals surface area (Å²) in [5.74, 6) is -2.09. The molecule has 3 unspecified atom stereocenters. The smallest absolute Gasteiger partial charge is 0.167 e. The number of pyridine rings is 1. The molecule has 1 aliphatic rings. The molecular formula is C26H37NO7. The second kappa shape index (κ2) is 12.0. The fourth-order valence-electron chi connectivity index (χ4n) is 5.01. The Balaban J connectivity index is 0.00000408. The molecule has 1 heterocycles. The highest BCUT2D eigenvalue weighted by atomic mass is 16.3. The first-order valence-electron chi connectivity index (χ1n) is 11.3. The van der Waals surface area contributed by atoms with Crippen molar-refractivity contribution in [1.29, 1.82) is 0 Å². The summed E-state index contributed by atoms with van der Waals surface area (Å²) >= 11 is 0. The van der Waals surface area contributed by atoms with Gasteiger partial charge in [0.2, 0.25) is 0 Å². The molecule has 0 radical (unpaired) electrons. The van der Waals surface area contributed by atoms with E-state index in [2.05, 4.69) is 4.98 Å². The average Bonchev–Trinajstić information content (AvgIpc) is 2.74. The van der Waals surface area contributed by atoms with Gasteiger partial charge in [0, 0.05) is 33.6 Å². The van der Waals surface area contributed by atoms with E-state index in [0.717, 1.165) is 22.4 Å². The number of carbonyl (C=O) groups is 3. The first-order chi connectivity index (χ1) is 15.8. The largest absolute Gasteiger partial charge is 0.507 e. The van der Waals surface area contributed by atoms with Crippen molar-refractivity contribution in [3.05, 3.63) is 47.2 Å². The van der Waals surface area contributed by atoms with Gasteiger partial charge in [0.05, 0.1) is 24.3 Å². The molecule has 0 amide bonds. The molecule has 0 saturated heterocycles. The van der Waals surface area contributed by atoms with Crippen LogP contribution in [0.2, 0.25) is 0 Å². The lowest BCUT2D eigenvalue weighted by Crippen LogP contribution is -2.32. The molecule has 8 heteroatoms. The number of aliphatic hydroxyl groups is 2. The van der Waals surface area contributed by atoms with E-state index in [-0.39, 0.29) is 62.7 Å². The number of nitrogens with zero attached hydrogens (tertiary/aromatic N) is 1. The summed E-state index contributed by atoms with van der Waals surface area (Å²) in [6.45, 7) is 2.70. The van der Waals surface area contributed by atoms with Crippen LogP contribution in [0.15, 0.2) is 30.5 Å². The van der Waals surface area contributed by atoms with E-state index < -0.39 is 12.5 Å². The third kappa shape index (κ3) is 5.94. The van der Waals surface area contributed by atoms with Gasteiger partial charge in [-0.25, -0.2) is 0 Å². The maximum atomic E-state index is 13.1. The van der Waals surface area contributed by atoms with Gasteiger partial charge in [0.1, 0.15) is 17.3 Å². The molecule has 3 rings (SSSR count). The number of fused-ring (bicyclic) bond motifs is 1. The van der Waals surface area contributed by atoms with Crippen LogP contribution in [0.5, 0.6) is 5.75 Å². The highest BCUT2D eigenvalue weighted by Gasteiger charge is 2.35. The van der Waals surface area contributed by atoms with Crippen LogP contribution in [-0.4, -0.2) is 56.3 Å². The van der Waals surface area contributed by atoms with Gasteiger partial charge in [0.25, 0.3) is 0 Å². The number of ketones is 3. The molecule has 0 saturated carbocycles. The molecule has 34 heavy (non-hydrogen) atoms. The second-order valence-electron chi connectivity index (χ2n) is 8.99. The predicted octanol–water partition coefficient (Wildman–Crippen LogP) is 2.72. The number of benzene rings is 1. The van der Waals surface area contributed by atoms with Crippen LogP contribution in [0, 0.1) is 24.7 Å². The van der Waals surface area contributed by atoms with E-state index in [4.69, 9.17) is 0 Å². The van der Waals surface area contributed by atoms with Gasteiger partial charge in [-0.2, -0.15) is 0 Å². The Morgan fingerprint density at radius 1 is 1.21 bits per heavy atom. The van der Waals surface area contributed by atoms with E-state index in [1.807, 2.05) is 19.1 Å². The van der Waals surface area contributed by atoms with Crippen molar-refractivity contribution in [3.8, 4) is 17.0 Å². The van der Waals surface area contributed by atoms with Crippen LogP contribution in [0.25, 0.3) is 11.3 Å². The van der Waals surface area contributed by atoms with Crippen LogP contribution in [0.3, 0.4) is 0 Å². The van der Waals surface area contributed by atoms with Crippen LogP contribution in [-0.2, 0) is 16.0 Å². The molecule has 0 fully saturated rings. The number of aryl methyl sites for hydroxylation is 1. The highest BCUT2D eigenvalue weighted by Crippen LogP contribution is 2.41. The normalized spacial score (nSPS) is 16.8. The van der Waals surface area contributed by atoms with Crippen molar-refractivity contribution in [2.24, 2.45) is 17.8 Å². The molecule has 1 aromatic carbocycles. The van der Waals surface area contributed by atoms with Crippen molar-refractivity contribution in [3.63, 3.8) is 0 Å². The zero-order valence-electron chi connectivity index (χ0n) is 19.6. The van der Waals surface area contributed by atoms with Crippen LogP contribution in [0.1, 0.15) is 56.9 Å². The van der Waals surface area contributed by atoms with Crippen molar-refractivity contribution in [2.45, 2.75) is 46.0 Å². The van der Waals surface area contributed by atoms with E-state index in [9.17, 15) is 29.7 Å². The molecule has 5 N–H and O–H groups in total. The lowest BCUT2D eigenvalue weighted by Gasteiger charge is -2.31. The number of phenolic OH excluding ortho intramolecular Hbond substituents is 1. The quantitative estimate of drug-likeness (QED) is 0.446. The SMILES string of the molecule is CC(=O)CC(=O)C(CO)C(CCO)CC1CC(=O)c2c(O)ccc(-c3ncccc3C)c2C1.O.[HH].[HH]. The van der Waals surface area contributed by atoms with Crippen molar-refractivity contribution >= 4 is 17.3 Å². The number of aromatic hydroxyl groups is 1. The van der Waals surface area contributed by atoms with Gasteiger partial charge in [-0.05, 0) is 74.3 Å². The summed E-state index contributed by atoms with van der Waals surface area (Å²) in [5, 5.41) is 29.9. The van der Waals surface area contributed by atoms with Crippen molar-refractivity contribution in [2.75, 3.05) is 13.2 Å². The van der Waals surface area contributed by atoms with E-state index in [1.54, 1.807) is 12.3 Å². The summed E-state index contributed by atoms with van der Waals surface area (Å²) in [6, 6.07) is 7.08. The topological polar surface area (TPSA) is 156 Å². The van der Waals surface area contributed by atoms with Crippen molar-refractivity contribution in [1.82, 2.24) is 4.98 Å². The first-order valence-corrected chi connectivity index (χ1v) is 11.3. The van der Waals surface area contributed by atoms with Gasteiger partial charge in [0.15, 0.2) is 5.78 Å². The first kappa shape index (κ1) is 27.3. The summed E-state index contributed by atoms with van der Waals surface area (Å²) in [4.78, 5) is 41.5. The maximum Gasteiger partial charge on any atom is 0.167 e. The number of Topliss-reactive ketones (excluding diaryl/α,β-unsaturated/α-hetero) is 3. The standard InChI is InChI=1S/C26H31NO6.H2O.2H2/c1-15-4-3-8-27-26(15)19-5-6-22(31)25-20(19)12-17(13-24(25)33)11-18(7-9-28)21(14-29)23(32)10-16(2)30;;;/h3-6,8,17-18,21,28-29,31H,7,9-14H2,1-2H3;1H2;2*1H. The number of hydrogen-bond acceptors (Lipinski definition) is 7. The summed E-state index contributed by atoms with van der Waals surface area (Å²) < 4.78 is 0. The number of phenols is 1. The Morgan fingerprint density at radius 3 is 2.56 bits per heavy atom. The Labute approximate surface area is 201 Å². The number of carbonyl (C=O) groups excluding carboxylic acids is 3. The zero-order valence-corrected chi connectivity index (χ0v) is 19.6. The van der Waals surface area contributed by atoms with Crippen LogP contribution in [0.4, 0.5) is 0 Å². The Kier molecular flexibility index (Phi) is 9.61. The average molecular weight is 476 g/mol. The number of aromatic nitrogens is 1. The van der Waals surface area contributed by atoms with Gasteiger partial charge in [-0.15, -0.1) is 0 Å². The Hall–Kier alpha value is -2.94. The fourth-order valence-corrected chi connectivity index (χ4v) is 5.01. The minimum Gasteiger partial charge on any atom is -0.507 e. The molecule has 0 aliphatic heterocycles. The number of rotatable bonds is 10. The number of hydrogen-bond donors (Lipinski definition) is 3. The van der Waals surface area contributed by atoms with Crippen LogP contribution >= 0.6 is 0 Å². The lowest BCUT2D eigenvalue weighted by molar-refractivity contribution is -0.131. The second-order valence-corrected chi connectivity index (χ2v) is 8.99. The van der Waals surface area contributed by atoms with E-state index in [0.29, 0.717) is 24.8 Å². The third-order valence-corrected chi connectivity index (χ3v) is 6.54. The molecule has 3 atom stereocenters. The molecular weight excluding hydrogens is 438 g/mol. The summed E-state index contributed by atoms with van der Waals surface area (Å²) in [6.07, 6.45) is 2.87. The zero-order chi connectivity index (χ0) is 24.1. The Bertz CT molecular complexity index is 1060. The molecule has 2 aromatic rings.